The molecule has 0 radical (unpaired) electrons. The van der Waals surface area contributed by atoms with E-state index in [9.17, 15) is 9.59 Å². The number of methoxy groups -OCH3 is 3. The summed E-state index contributed by atoms with van der Waals surface area (Å²) in [6.45, 7) is 4.25. The van der Waals surface area contributed by atoms with Crippen molar-refractivity contribution in [2.75, 3.05) is 38.5 Å². The van der Waals surface area contributed by atoms with E-state index in [1.165, 1.54) is 13.8 Å². The molecule has 0 saturated carbocycles. The van der Waals surface area contributed by atoms with E-state index in [0.29, 0.717) is 35.5 Å². The molecule has 178 valence electrons. The molecule has 0 fully saturated rings. The minimum atomic E-state index is -0.256. The molecule has 1 aromatic heterocycles. The van der Waals surface area contributed by atoms with E-state index in [4.69, 9.17) is 14.2 Å². The van der Waals surface area contributed by atoms with Crippen molar-refractivity contribution in [1.82, 2.24) is 15.3 Å². The van der Waals surface area contributed by atoms with Gasteiger partial charge in [0.1, 0.15) is 5.82 Å². The molecule has 1 aliphatic rings. The van der Waals surface area contributed by atoms with Crippen molar-refractivity contribution in [3.8, 4) is 17.2 Å². The number of nitrogens with one attached hydrogen (secondary N) is 3. The first-order chi connectivity index (χ1) is 15.8. The summed E-state index contributed by atoms with van der Waals surface area (Å²) in [4.78, 5) is 31.9. The molecular weight excluding hydrogens is 426 g/mol. The van der Waals surface area contributed by atoms with Crippen LogP contribution >= 0.6 is 0 Å². The molecule has 0 spiro atoms. The van der Waals surface area contributed by atoms with Crippen LogP contribution in [0.1, 0.15) is 37.1 Å². The van der Waals surface area contributed by atoms with E-state index in [0.717, 1.165) is 42.6 Å². The van der Waals surface area contributed by atoms with Crippen molar-refractivity contribution >= 4 is 23.6 Å². The van der Waals surface area contributed by atoms with Gasteiger partial charge >= 0.3 is 0 Å². The van der Waals surface area contributed by atoms with Gasteiger partial charge in [-0.05, 0) is 49.4 Å². The number of carbonyl (C=O) groups excluding carboxylic acids is 2. The first kappa shape index (κ1) is 24.2. The Morgan fingerprint density at radius 2 is 1.67 bits per heavy atom. The number of hydrogen-bond acceptors (Lipinski definition) is 8. The van der Waals surface area contributed by atoms with E-state index in [2.05, 4.69) is 25.9 Å². The van der Waals surface area contributed by atoms with Crippen LogP contribution in [0.5, 0.6) is 17.2 Å². The van der Waals surface area contributed by atoms with Gasteiger partial charge in [-0.2, -0.15) is 4.98 Å². The Morgan fingerprint density at radius 3 is 2.24 bits per heavy atom. The summed E-state index contributed by atoms with van der Waals surface area (Å²) in [5.41, 5.74) is 2.80. The van der Waals surface area contributed by atoms with Gasteiger partial charge in [-0.15, -0.1) is 0 Å². The molecule has 1 unspecified atom stereocenters. The number of ether oxygens (including phenoxy) is 3. The Bertz CT molecular complexity index is 1000. The standard InChI is InChI=1S/C23H31N5O5/c1-13(29)25-22-17-8-15(6-7-18(17)27-23(28-22)26-14(2)30)11-24-12-16-9-19(31-3)21(33-5)20(10-16)32-4/h9-10,15,24H,6-8,11-12H2,1-5H3,(H2,25,26,27,28,29,30). The number of rotatable bonds is 9. The SMILES string of the molecule is COc1cc(CNCC2CCc3nc(NC(C)=O)nc(NC(C)=O)c3C2)cc(OC)c1OC. The summed E-state index contributed by atoms with van der Waals surface area (Å²) in [6.07, 6.45) is 2.41. The summed E-state index contributed by atoms with van der Waals surface area (Å²) in [5.74, 6) is 2.36. The molecule has 0 bridgehead atoms. The average Bonchev–Trinajstić information content (AvgIpc) is 2.77. The van der Waals surface area contributed by atoms with Gasteiger partial charge < -0.3 is 24.8 Å². The molecule has 1 aliphatic carbocycles. The molecule has 1 atom stereocenters. The molecule has 10 nitrogen and oxygen atoms in total. The van der Waals surface area contributed by atoms with E-state index in [1.807, 2.05) is 12.1 Å². The predicted molar refractivity (Wildman–Crippen MR) is 124 cm³/mol. The van der Waals surface area contributed by atoms with Crippen LogP contribution in [0.15, 0.2) is 12.1 Å². The third-order valence-electron chi connectivity index (χ3n) is 5.44. The largest absolute Gasteiger partial charge is 0.493 e. The van der Waals surface area contributed by atoms with Gasteiger partial charge in [-0.25, -0.2) is 4.98 Å². The molecule has 3 N–H and O–H groups in total. The highest BCUT2D eigenvalue weighted by Gasteiger charge is 2.25. The lowest BCUT2D eigenvalue weighted by molar-refractivity contribution is -0.115. The summed E-state index contributed by atoms with van der Waals surface area (Å²) in [7, 11) is 4.78. The van der Waals surface area contributed by atoms with Crippen molar-refractivity contribution in [2.24, 2.45) is 5.92 Å². The Balaban J connectivity index is 1.69. The lowest BCUT2D eigenvalue weighted by Gasteiger charge is -2.26. The number of anilines is 2. The highest BCUT2D eigenvalue weighted by molar-refractivity contribution is 5.90. The number of aryl methyl sites for hydroxylation is 1. The summed E-state index contributed by atoms with van der Waals surface area (Å²) in [5, 5.41) is 8.89. The zero-order valence-electron chi connectivity index (χ0n) is 19.7. The van der Waals surface area contributed by atoms with Crippen LogP contribution in [-0.2, 0) is 29.0 Å². The number of aromatic nitrogens is 2. The number of fused-ring (bicyclic) bond motifs is 1. The number of nitrogens with zero attached hydrogens (tertiary/aromatic N) is 2. The van der Waals surface area contributed by atoms with Crippen LogP contribution in [-0.4, -0.2) is 49.7 Å². The molecule has 1 aromatic carbocycles. The number of benzene rings is 1. The van der Waals surface area contributed by atoms with Gasteiger partial charge in [0.15, 0.2) is 11.5 Å². The van der Waals surface area contributed by atoms with Crippen molar-refractivity contribution < 1.29 is 23.8 Å². The quantitative estimate of drug-likeness (QED) is 0.524. The minimum absolute atomic E-state index is 0.212. The molecule has 2 aromatic rings. The molecule has 0 saturated heterocycles. The Hall–Kier alpha value is -3.40. The van der Waals surface area contributed by atoms with E-state index >= 15 is 0 Å². The van der Waals surface area contributed by atoms with Crippen LogP contribution in [0.3, 0.4) is 0 Å². The molecular formula is C23H31N5O5. The van der Waals surface area contributed by atoms with Gasteiger partial charge in [0, 0.05) is 26.0 Å². The smallest absolute Gasteiger partial charge is 0.231 e. The summed E-state index contributed by atoms with van der Waals surface area (Å²) >= 11 is 0. The zero-order valence-corrected chi connectivity index (χ0v) is 19.7. The predicted octanol–water partition coefficient (Wildman–Crippen LogP) is 2.31. The first-order valence-electron chi connectivity index (χ1n) is 10.8. The zero-order chi connectivity index (χ0) is 24.0. The van der Waals surface area contributed by atoms with Gasteiger partial charge in [0.25, 0.3) is 0 Å². The maximum Gasteiger partial charge on any atom is 0.231 e. The van der Waals surface area contributed by atoms with Gasteiger partial charge in [0.05, 0.1) is 27.0 Å². The van der Waals surface area contributed by atoms with Crippen LogP contribution in [0, 0.1) is 5.92 Å². The number of hydrogen-bond donors (Lipinski definition) is 3. The van der Waals surface area contributed by atoms with Crippen LogP contribution in [0.4, 0.5) is 11.8 Å². The van der Waals surface area contributed by atoms with Crippen molar-refractivity contribution in [2.45, 2.75) is 39.7 Å². The van der Waals surface area contributed by atoms with E-state index < -0.39 is 0 Å². The van der Waals surface area contributed by atoms with E-state index in [1.54, 1.807) is 21.3 Å². The molecule has 1 heterocycles. The van der Waals surface area contributed by atoms with Crippen LogP contribution in [0.25, 0.3) is 0 Å². The fourth-order valence-electron chi connectivity index (χ4n) is 4.00. The molecule has 10 heteroatoms. The van der Waals surface area contributed by atoms with Gasteiger partial charge in [-0.1, -0.05) is 0 Å². The van der Waals surface area contributed by atoms with Crippen molar-refractivity contribution in [3.63, 3.8) is 0 Å². The monoisotopic (exact) mass is 457 g/mol. The van der Waals surface area contributed by atoms with Gasteiger partial charge in [-0.3, -0.25) is 14.9 Å². The maximum absolute atomic E-state index is 11.7. The van der Waals surface area contributed by atoms with Gasteiger partial charge in [0.2, 0.25) is 23.5 Å². The molecule has 2 amide bonds. The second-order valence-corrected chi connectivity index (χ2v) is 7.96. The summed E-state index contributed by atoms with van der Waals surface area (Å²) in [6, 6.07) is 3.85. The van der Waals surface area contributed by atoms with Crippen molar-refractivity contribution in [3.05, 3.63) is 29.0 Å². The highest BCUT2D eigenvalue weighted by atomic mass is 16.5. The fraction of sp³-hybridized carbons (Fsp3) is 0.478. The third-order valence-corrected chi connectivity index (χ3v) is 5.44. The Kier molecular flexibility index (Phi) is 8.05. The Labute approximate surface area is 193 Å². The fourth-order valence-corrected chi connectivity index (χ4v) is 4.00. The minimum Gasteiger partial charge on any atom is -0.493 e. The average molecular weight is 458 g/mol. The lowest BCUT2D eigenvalue weighted by Crippen LogP contribution is -2.29. The normalized spacial score (nSPS) is 14.8. The molecule has 3 rings (SSSR count). The Morgan fingerprint density at radius 1 is 1.00 bits per heavy atom. The van der Waals surface area contributed by atoms with Crippen LogP contribution < -0.4 is 30.2 Å². The summed E-state index contributed by atoms with van der Waals surface area (Å²) < 4.78 is 16.2. The first-order valence-corrected chi connectivity index (χ1v) is 10.8. The third kappa shape index (κ3) is 6.10. The number of carbonyl (C=O) groups is 2. The van der Waals surface area contributed by atoms with E-state index in [-0.39, 0.29) is 17.8 Å². The highest BCUT2D eigenvalue weighted by Crippen LogP contribution is 2.38. The van der Waals surface area contributed by atoms with Crippen molar-refractivity contribution in [1.29, 1.82) is 0 Å². The lowest BCUT2D eigenvalue weighted by atomic mass is 9.86. The number of amides is 2. The molecule has 33 heavy (non-hydrogen) atoms. The van der Waals surface area contributed by atoms with Crippen LogP contribution in [0.2, 0.25) is 0 Å². The maximum atomic E-state index is 11.7. The molecule has 0 aliphatic heterocycles. The second kappa shape index (κ2) is 11.0. The topological polar surface area (TPSA) is 124 Å². The second-order valence-electron chi connectivity index (χ2n) is 7.96.